The molecule has 29 heavy (non-hydrogen) atoms. The average molecular weight is 428 g/mol. The van der Waals surface area contributed by atoms with Crippen LogP contribution in [-0.4, -0.2) is 29.3 Å². The second kappa shape index (κ2) is 9.33. The summed E-state index contributed by atoms with van der Waals surface area (Å²) in [5, 5.41) is 0.164. The second-order valence-electron chi connectivity index (χ2n) is 6.44. The zero-order valence-electron chi connectivity index (χ0n) is 16.4. The molecule has 1 saturated heterocycles. The SMILES string of the molecule is CCOC(=O)C1C(=O)/C(=C/c2ccc(CC)s2)SC1=NC(=O)c1ccc(C)cc1. The predicted octanol–water partition coefficient (Wildman–Crippen LogP) is 4.69. The number of hydrogen-bond donors (Lipinski definition) is 0. The van der Waals surface area contributed by atoms with Gasteiger partial charge in [-0.3, -0.25) is 14.4 Å². The summed E-state index contributed by atoms with van der Waals surface area (Å²) in [6, 6.07) is 10.9. The number of carbonyl (C=O) groups is 3. The Bertz CT molecular complexity index is 1000. The van der Waals surface area contributed by atoms with E-state index < -0.39 is 17.8 Å². The second-order valence-corrected chi connectivity index (χ2v) is 8.70. The van der Waals surface area contributed by atoms with Gasteiger partial charge in [-0.15, -0.1) is 11.3 Å². The summed E-state index contributed by atoms with van der Waals surface area (Å²) in [4.78, 5) is 44.5. The van der Waals surface area contributed by atoms with Gasteiger partial charge in [-0.25, -0.2) is 4.99 Å². The Morgan fingerprint density at radius 1 is 1.14 bits per heavy atom. The molecule has 1 atom stereocenters. The van der Waals surface area contributed by atoms with E-state index >= 15 is 0 Å². The van der Waals surface area contributed by atoms with Crippen LogP contribution in [0, 0.1) is 12.8 Å². The molecule has 7 heteroatoms. The van der Waals surface area contributed by atoms with Crippen LogP contribution >= 0.6 is 23.1 Å². The van der Waals surface area contributed by atoms with Gasteiger partial charge in [-0.1, -0.05) is 36.4 Å². The van der Waals surface area contributed by atoms with Crippen molar-refractivity contribution in [2.24, 2.45) is 10.9 Å². The molecular formula is C22H21NO4S2. The molecule has 0 radical (unpaired) electrons. The van der Waals surface area contributed by atoms with Gasteiger partial charge in [-0.2, -0.15) is 0 Å². The third kappa shape index (κ3) is 4.92. The van der Waals surface area contributed by atoms with Crippen LogP contribution in [0.4, 0.5) is 0 Å². The van der Waals surface area contributed by atoms with Gasteiger partial charge in [0.2, 0.25) is 0 Å². The van der Waals surface area contributed by atoms with E-state index in [1.165, 1.54) is 4.88 Å². The highest BCUT2D eigenvalue weighted by Gasteiger charge is 2.43. The maximum Gasteiger partial charge on any atom is 0.323 e. The smallest absolute Gasteiger partial charge is 0.323 e. The number of Topliss-reactive ketones (excluding diaryl/α,β-unsaturated/α-hetero) is 1. The first-order valence-corrected chi connectivity index (χ1v) is 10.9. The fraction of sp³-hybridized carbons (Fsp3) is 0.273. The first-order valence-electron chi connectivity index (χ1n) is 9.31. The topological polar surface area (TPSA) is 72.8 Å². The van der Waals surface area contributed by atoms with E-state index in [1.54, 1.807) is 36.5 Å². The fourth-order valence-electron chi connectivity index (χ4n) is 2.75. The minimum Gasteiger partial charge on any atom is -0.465 e. The Balaban J connectivity index is 1.94. The van der Waals surface area contributed by atoms with Crippen LogP contribution in [0.15, 0.2) is 46.3 Å². The lowest BCUT2D eigenvalue weighted by Crippen LogP contribution is -2.27. The van der Waals surface area contributed by atoms with Crippen LogP contribution in [-0.2, 0) is 20.7 Å². The van der Waals surface area contributed by atoms with Gasteiger partial charge in [0.15, 0.2) is 11.7 Å². The van der Waals surface area contributed by atoms with Crippen LogP contribution in [0.1, 0.15) is 39.5 Å². The van der Waals surface area contributed by atoms with Crippen molar-refractivity contribution in [2.45, 2.75) is 27.2 Å². The highest BCUT2D eigenvalue weighted by Crippen LogP contribution is 2.38. The highest BCUT2D eigenvalue weighted by atomic mass is 32.2. The van der Waals surface area contributed by atoms with Gasteiger partial charge in [0, 0.05) is 15.3 Å². The van der Waals surface area contributed by atoms with E-state index in [0.717, 1.165) is 28.6 Å². The number of ketones is 1. The largest absolute Gasteiger partial charge is 0.465 e. The quantitative estimate of drug-likeness (QED) is 0.393. The zero-order valence-corrected chi connectivity index (χ0v) is 18.1. The summed E-state index contributed by atoms with van der Waals surface area (Å²) >= 11 is 2.66. The Kier molecular flexibility index (Phi) is 6.82. The van der Waals surface area contributed by atoms with Crippen molar-refractivity contribution in [2.75, 3.05) is 6.61 Å². The zero-order chi connectivity index (χ0) is 21.0. The number of thioether (sulfide) groups is 1. The minimum absolute atomic E-state index is 0.149. The Morgan fingerprint density at radius 2 is 1.86 bits per heavy atom. The van der Waals surface area contributed by atoms with E-state index in [0.29, 0.717) is 10.5 Å². The molecule has 0 aliphatic carbocycles. The number of benzene rings is 1. The minimum atomic E-state index is -1.19. The third-order valence-electron chi connectivity index (χ3n) is 4.30. The molecule has 0 saturated carbocycles. The molecule has 3 rings (SSSR count). The van der Waals surface area contributed by atoms with Crippen LogP contribution in [0.3, 0.4) is 0 Å². The van der Waals surface area contributed by atoms with Crippen LogP contribution < -0.4 is 0 Å². The molecule has 1 aromatic heterocycles. The van der Waals surface area contributed by atoms with E-state index in [2.05, 4.69) is 11.9 Å². The van der Waals surface area contributed by atoms with Crippen LogP contribution in [0.2, 0.25) is 0 Å². The fourth-order valence-corrected chi connectivity index (χ4v) is 4.80. The third-order valence-corrected chi connectivity index (χ3v) is 6.55. The van der Waals surface area contributed by atoms with Crippen molar-refractivity contribution in [1.82, 2.24) is 0 Å². The van der Waals surface area contributed by atoms with Gasteiger partial charge in [0.05, 0.1) is 11.5 Å². The predicted molar refractivity (Wildman–Crippen MR) is 117 cm³/mol. The maximum absolute atomic E-state index is 12.9. The number of rotatable bonds is 5. The summed E-state index contributed by atoms with van der Waals surface area (Å²) < 4.78 is 5.06. The summed E-state index contributed by atoms with van der Waals surface area (Å²) in [5.74, 6) is -2.73. The number of thiophene rings is 1. The van der Waals surface area contributed by atoms with Gasteiger partial charge in [0.1, 0.15) is 5.04 Å². The molecule has 0 N–H and O–H groups in total. The number of amides is 1. The monoisotopic (exact) mass is 427 g/mol. The van der Waals surface area contributed by atoms with Crippen molar-refractivity contribution < 1.29 is 19.1 Å². The van der Waals surface area contributed by atoms with Crippen LogP contribution in [0.5, 0.6) is 0 Å². The normalized spacial score (nSPS) is 19.1. The van der Waals surface area contributed by atoms with Crippen LogP contribution in [0.25, 0.3) is 6.08 Å². The Labute approximate surface area is 177 Å². The summed E-state index contributed by atoms with van der Waals surface area (Å²) in [5.41, 5.74) is 1.43. The van der Waals surface area contributed by atoms with E-state index in [9.17, 15) is 14.4 Å². The molecule has 150 valence electrons. The number of allylic oxidation sites excluding steroid dienone is 1. The van der Waals surface area contributed by atoms with Gasteiger partial charge in [0.25, 0.3) is 5.91 Å². The number of esters is 1. The average Bonchev–Trinajstić information content (AvgIpc) is 3.27. The number of hydrogen-bond acceptors (Lipinski definition) is 6. The Hall–Kier alpha value is -2.51. The number of aliphatic imine (C=N–C) groups is 1. The molecule has 1 fully saturated rings. The summed E-state index contributed by atoms with van der Waals surface area (Å²) in [6.07, 6.45) is 2.67. The van der Waals surface area contributed by atoms with Crippen molar-refractivity contribution in [1.29, 1.82) is 0 Å². The molecule has 1 aliphatic heterocycles. The summed E-state index contributed by atoms with van der Waals surface area (Å²) in [6.45, 7) is 5.81. The molecular weight excluding hydrogens is 406 g/mol. The number of carbonyl (C=O) groups excluding carboxylic acids is 3. The van der Waals surface area contributed by atoms with Gasteiger partial charge in [-0.05, 0) is 50.6 Å². The van der Waals surface area contributed by atoms with Crippen molar-refractivity contribution in [3.05, 3.63) is 62.2 Å². The number of aryl methyl sites for hydroxylation is 2. The van der Waals surface area contributed by atoms with E-state index in [1.807, 2.05) is 31.2 Å². The molecule has 1 amide bonds. The van der Waals surface area contributed by atoms with Gasteiger partial charge < -0.3 is 4.74 Å². The highest BCUT2D eigenvalue weighted by molar-refractivity contribution is 8.19. The number of ether oxygens (including phenoxy) is 1. The lowest BCUT2D eigenvalue weighted by Gasteiger charge is -2.07. The molecule has 1 aliphatic rings. The molecule has 0 bridgehead atoms. The molecule has 1 aromatic carbocycles. The van der Waals surface area contributed by atoms with Crippen molar-refractivity contribution in [3.8, 4) is 0 Å². The molecule has 0 spiro atoms. The van der Waals surface area contributed by atoms with Gasteiger partial charge >= 0.3 is 5.97 Å². The lowest BCUT2D eigenvalue weighted by atomic mass is 10.1. The number of nitrogens with zero attached hydrogens (tertiary/aromatic N) is 1. The molecule has 1 unspecified atom stereocenters. The Morgan fingerprint density at radius 3 is 2.48 bits per heavy atom. The first kappa shape index (κ1) is 21.2. The van der Waals surface area contributed by atoms with E-state index in [-0.39, 0.29) is 17.4 Å². The molecule has 2 heterocycles. The van der Waals surface area contributed by atoms with Crippen molar-refractivity contribution >= 4 is 51.9 Å². The standard InChI is InChI=1S/C22H21NO4S2/c1-4-15-10-11-16(28-15)12-17-19(24)18(22(26)27-5-2)21(29-17)23-20(25)14-8-6-13(3)7-9-14/h6-12,18H,4-5H2,1-3H3/b17-12-,23-21?. The molecule has 5 nitrogen and oxygen atoms in total. The van der Waals surface area contributed by atoms with E-state index in [4.69, 9.17) is 4.74 Å². The molecule has 2 aromatic rings. The lowest BCUT2D eigenvalue weighted by molar-refractivity contribution is -0.147. The van der Waals surface area contributed by atoms with Crippen molar-refractivity contribution in [3.63, 3.8) is 0 Å². The first-order chi connectivity index (χ1) is 13.9. The summed E-state index contributed by atoms with van der Waals surface area (Å²) in [7, 11) is 0. The maximum atomic E-state index is 12.9.